The molecule has 0 atom stereocenters. The fourth-order valence-corrected chi connectivity index (χ4v) is 0.947. The van der Waals surface area contributed by atoms with Gasteiger partial charge >= 0.3 is 5.97 Å². The fourth-order valence-electron chi connectivity index (χ4n) is 0.781. The lowest BCUT2D eigenvalue weighted by Crippen LogP contribution is -1.93. The lowest BCUT2D eigenvalue weighted by molar-refractivity contribution is -0.134. The van der Waals surface area contributed by atoms with Crippen LogP contribution in [0.15, 0.2) is 18.3 Å². The fraction of sp³-hybridized carbons (Fsp3) is 0.111. The molecule has 0 radical (unpaired) electrons. The Labute approximate surface area is 85.2 Å². The predicted octanol–water partition coefficient (Wildman–Crippen LogP) is 2.06. The van der Waals surface area contributed by atoms with E-state index in [0.717, 1.165) is 12.3 Å². The number of esters is 1. The number of nitrogens with zero attached hydrogens (tertiary/aromatic N) is 1. The summed E-state index contributed by atoms with van der Waals surface area (Å²) in [4.78, 5) is 14.3. The number of carbonyl (C=O) groups excluding carboxylic acids is 1. The second-order valence-corrected chi connectivity index (χ2v) is 2.75. The van der Waals surface area contributed by atoms with Crippen LogP contribution in [0.5, 0.6) is 0 Å². The van der Waals surface area contributed by atoms with Crippen LogP contribution >= 0.6 is 11.6 Å². The quantitative estimate of drug-likeness (QED) is 0.431. The van der Waals surface area contributed by atoms with Gasteiger partial charge in [0.2, 0.25) is 0 Å². The van der Waals surface area contributed by atoms with Gasteiger partial charge in [-0.1, -0.05) is 11.6 Å². The summed E-state index contributed by atoms with van der Waals surface area (Å²) >= 11 is 5.64. The molecule has 3 nitrogen and oxygen atoms in total. The highest BCUT2D eigenvalue weighted by Crippen LogP contribution is 2.15. The minimum absolute atomic E-state index is 0.131. The third kappa shape index (κ3) is 2.81. The number of rotatable bonds is 2. The molecule has 0 spiro atoms. The molecule has 0 aliphatic rings. The molecule has 0 fully saturated rings. The Balaban J connectivity index is 2.90. The molecule has 14 heavy (non-hydrogen) atoms. The first kappa shape index (κ1) is 10.7. The third-order valence-corrected chi connectivity index (χ3v) is 1.75. The number of pyridine rings is 1. The normalized spacial score (nSPS) is 10.5. The van der Waals surface area contributed by atoms with Crippen molar-refractivity contribution in [2.24, 2.45) is 0 Å². The second-order valence-electron chi connectivity index (χ2n) is 2.39. The second kappa shape index (κ2) is 4.72. The van der Waals surface area contributed by atoms with Gasteiger partial charge in [0.1, 0.15) is 11.0 Å². The number of methoxy groups -OCH3 is 1. The summed E-state index contributed by atoms with van der Waals surface area (Å²) in [7, 11) is 1.25. The number of hydrogen-bond acceptors (Lipinski definition) is 3. The van der Waals surface area contributed by atoms with Gasteiger partial charge in [0.25, 0.3) is 0 Å². The molecule has 0 N–H and O–H groups in total. The molecule has 74 valence electrons. The Hall–Kier alpha value is -1.42. The van der Waals surface area contributed by atoms with Crippen molar-refractivity contribution >= 4 is 23.6 Å². The van der Waals surface area contributed by atoms with E-state index in [2.05, 4.69) is 9.72 Å². The van der Waals surface area contributed by atoms with Crippen LogP contribution in [0.25, 0.3) is 6.08 Å². The van der Waals surface area contributed by atoms with Crippen LogP contribution in [-0.4, -0.2) is 18.1 Å². The molecule has 0 aromatic carbocycles. The summed E-state index contributed by atoms with van der Waals surface area (Å²) in [6.07, 6.45) is 3.48. The summed E-state index contributed by atoms with van der Waals surface area (Å²) in [6.45, 7) is 0. The maximum atomic E-state index is 12.7. The Kier molecular flexibility index (Phi) is 3.59. The molecule has 1 heterocycles. The van der Waals surface area contributed by atoms with Crippen LogP contribution in [0.1, 0.15) is 5.56 Å². The van der Waals surface area contributed by atoms with E-state index in [1.807, 2.05) is 0 Å². The summed E-state index contributed by atoms with van der Waals surface area (Å²) in [5, 5.41) is 0.131. The van der Waals surface area contributed by atoms with Crippen molar-refractivity contribution in [3.8, 4) is 0 Å². The van der Waals surface area contributed by atoms with E-state index >= 15 is 0 Å². The van der Waals surface area contributed by atoms with E-state index in [1.54, 1.807) is 0 Å². The predicted molar refractivity (Wildman–Crippen MR) is 50.3 cm³/mol. The maximum absolute atomic E-state index is 12.7. The Morgan fingerprint density at radius 2 is 2.43 bits per heavy atom. The molecular weight excluding hydrogens is 209 g/mol. The van der Waals surface area contributed by atoms with Gasteiger partial charge in [0.05, 0.1) is 13.3 Å². The van der Waals surface area contributed by atoms with Crippen LogP contribution in [0.2, 0.25) is 5.15 Å². The summed E-state index contributed by atoms with van der Waals surface area (Å²) < 4.78 is 17.0. The first-order chi connectivity index (χ1) is 6.63. The number of aromatic nitrogens is 1. The Morgan fingerprint density at radius 1 is 1.71 bits per heavy atom. The molecular formula is C9H7ClFNO2. The van der Waals surface area contributed by atoms with Crippen LogP contribution in [0.4, 0.5) is 4.39 Å². The van der Waals surface area contributed by atoms with E-state index < -0.39 is 11.8 Å². The van der Waals surface area contributed by atoms with Crippen molar-refractivity contribution in [1.29, 1.82) is 0 Å². The molecule has 0 saturated carbocycles. The minimum atomic E-state index is -0.537. The highest BCUT2D eigenvalue weighted by Gasteiger charge is 2.00. The smallest absolute Gasteiger partial charge is 0.330 e. The van der Waals surface area contributed by atoms with E-state index in [9.17, 15) is 9.18 Å². The lowest BCUT2D eigenvalue weighted by Gasteiger charge is -1.96. The van der Waals surface area contributed by atoms with Gasteiger partial charge in [-0.15, -0.1) is 0 Å². The summed E-state index contributed by atoms with van der Waals surface area (Å²) in [5.41, 5.74) is 0.331. The summed E-state index contributed by atoms with van der Waals surface area (Å²) in [6, 6.07) is 1.18. The van der Waals surface area contributed by atoms with Crippen molar-refractivity contribution in [3.05, 3.63) is 34.9 Å². The van der Waals surface area contributed by atoms with Gasteiger partial charge in [-0.25, -0.2) is 14.2 Å². The van der Waals surface area contributed by atoms with Gasteiger partial charge in [-0.05, 0) is 12.1 Å². The zero-order chi connectivity index (χ0) is 10.6. The largest absolute Gasteiger partial charge is 0.466 e. The molecule has 0 unspecified atom stereocenters. The molecule has 0 aliphatic heterocycles. The Morgan fingerprint density at radius 3 is 3.07 bits per heavy atom. The number of hydrogen-bond donors (Lipinski definition) is 0. The van der Waals surface area contributed by atoms with Crippen molar-refractivity contribution < 1.29 is 13.9 Å². The zero-order valence-electron chi connectivity index (χ0n) is 7.33. The maximum Gasteiger partial charge on any atom is 0.330 e. The highest BCUT2D eigenvalue weighted by atomic mass is 35.5. The first-order valence-corrected chi connectivity index (χ1v) is 4.08. The average molecular weight is 216 g/mol. The van der Waals surface area contributed by atoms with E-state index in [1.165, 1.54) is 19.3 Å². The molecule has 1 aromatic heterocycles. The van der Waals surface area contributed by atoms with Crippen LogP contribution < -0.4 is 0 Å². The van der Waals surface area contributed by atoms with Crippen LogP contribution in [-0.2, 0) is 9.53 Å². The van der Waals surface area contributed by atoms with Gasteiger partial charge < -0.3 is 4.74 Å². The zero-order valence-corrected chi connectivity index (χ0v) is 8.08. The van der Waals surface area contributed by atoms with Gasteiger partial charge in [0, 0.05) is 11.6 Å². The molecule has 0 aliphatic carbocycles. The van der Waals surface area contributed by atoms with Crippen LogP contribution in [0.3, 0.4) is 0 Å². The monoisotopic (exact) mass is 215 g/mol. The van der Waals surface area contributed by atoms with E-state index in [-0.39, 0.29) is 5.15 Å². The lowest BCUT2D eigenvalue weighted by atomic mass is 10.2. The SMILES string of the molecule is COC(=O)C=Cc1cc(F)cnc1Cl. The summed E-state index contributed by atoms with van der Waals surface area (Å²) in [5.74, 6) is -1.05. The topological polar surface area (TPSA) is 39.2 Å². The minimum Gasteiger partial charge on any atom is -0.466 e. The van der Waals surface area contributed by atoms with E-state index in [0.29, 0.717) is 5.56 Å². The average Bonchev–Trinajstić information content (AvgIpc) is 2.19. The van der Waals surface area contributed by atoms with Crippen molar-refractivity contribution in [3.63, 3.8) is 0 Å². The van der Waals surface area contributed by atoms with Gasteiger partial charge in [-0.2, -0.15) is 0 Å². The molecule has 0 saturated heterocycles. The van der Waals surface area contributed by atoms with Crippen molar-refractivity contribution in [1.82, 2.24) is 4.98 Å². The molecule has 5 heteroatoms. The van der Waals surface area contributed by atoms with Gasteiger partial charge in [-0.3, -0.25) is 0 Å². The van der Waals surface area contributed by atoms with Crippen molar-refractivity contribution in [2.45, 2.75) is 0 Å². The van der Waals surface area contributed by atoms with Crippen LogP contribution in [0, 0.1) is 5.82 Å². The molecule has 0 bridgehead atoms. The third-order valence-electron chi connectivity index (χ3n) is 1.43. The van der Waals surface area contributed by atoms with Gasteiger partial charge in [0.15, 0.2) is 0 Å². The Bertz CT molecular complexity index is 379. The molecule has 0 amide bonds. The number of ether oxygens (including phenoxy) is 1. The standard InChI is InChI=1S/C9H7ClFNO2/c1-14-8(13)3-2-6-4-7(11)5-12-9(6)10/h2-5H,1H3. The molecule has 1 aromatic rings. The number of halogens is 2. The van der Waals surface area contributed by atoms with E-state index in [4.69, 9.17) is 11.6 Å². The first-order valence-electron chi connectivity index (χ1n) is 3.70. The highest BCUT2D eigenvalue weighted by molar-refractivity contribution is 6.30. The molecule has 1 rings (SSSR count). The number of carbonyl (C=O) groups is 1. The van der Waals surface area contributed by atoms with Crippen molar-refractivity contribution in [2.75, 3.05) is 7.11 Å².